The third-order valence-corrected chi connectivity index (χ3v) is 4.74. The summed E-state index contributed by atoms with van der Waals surface area (Å²) in [7, 11) is 0. The average Bonchev–Trinajstić information content (AvgIpc) is 3.31. The Morgan fingerprint density at radius 1 is 1.22 bits per heavy atom. The standard InChI is InChI=1S/C18H23N3OS/c1-2-6-15(5-1)21-18(19-11-9-16-7-3-13-22-16)20-12-10-17-8-4-14-23-17/h1-4,7-8,13-15H,5-6,9-12H2,(H2,19,20,21). The number of rotatable bonds is 7. The molecule has 0 saturated carbocycles. The number of aliphatic imine (C=N–C) groups is 1. The zero-order chi connectivity index (χ0) is 15.7. The van der Waals surface area contributed by atoms with Crippen molar-refractivity contribution in [1.82, 2.24) is 10.6 Å². The number of hydrogen-bond donors (Lipinski definition) is 2. The summed E-state index contributed by atoms with van der Waals surface area (Å²) in [6, 6.07) is 8.65. The Labute approximate surface area is 141 Å². The molecule has 0 amide bonds. The maximum Gasteiger partial charge on any atom is 0.191 e. The van der Waals surface area contributed by atoms with Gasteiger partial charge in [0.25, 0.3) is 0 Å². The van der Waals surface area contributed by atoms with Gasteiger partial charge in [-0.2, -0.15) is 0 Å². The predicted molar refractivity (Wildman–Crippen MR) is 96.0 cm³/mol. The highest BCUT2D eigenvalue weighted by Crippen LogP contribution is 2.10. The molecule has 0 atom stereocenters. The van der Waals surface area contributed by atoms with E-state index in [-0.39, 0.29) is 0 Å². The molecule has 0 aromatic carbocycles. The van der Waals surface area contributed by atoms with Gasteiger partial charge in [-0.1, -0.05) is 18.2 Å². The Bertz CT molecular complexity index is 609. The Hall–Kier alpha value is -2.01. The molecule has 2 heterocycles. The van der Waals surface area contributed by atoms with E-state index in [9.17, 15) is 0 Å². The molecule has 3 rings (SSSR count). The van der Waals surface area contributed by atoms with Gasteiger partial charge in [0, 0.05) is 36.9 Å². The lowest BCUT2D eigenvalue weighted by molar-refractivity contribution is 0.506. The van der Waals surface area contributed by atoms with Gasteiger partial charge in [0.2, 0.25) is 0 Å². The van der Waals surface area contributed by atoms with Gasteiger partial charge in [-0.05, 0) is 36.4 Å². The van der Waals surface area contributed by atoms with Crippen LogP contribution in [-0.4, -0.2) is 25.1 Å². The summed E-state index contributed by atoms with van der Waals surface area (Å²) in [5, 5.41) is 9.06. The van der Waals surface area contributed by atoms with E-state index in [1.54, 1.807) is 17.6 Å². The summed E-state index contributed by atoms with van der Waals surface area (Å²) in [5.41, 5.74) is 0. The molecule has 2 N–H and O–H groups in total. The van der Waals surface area contributed by atoms with Gasteiger partial charge in [-0.3, -0.25) is 4.99 Å². The van der Waals surface area contributed by atoms with Crippen LogP contribution in [0.1, 0.15) is 23.5 Å². The second-order valence-electron chi connectivity index (χ2n) is 5.60. The highest BCUT2D eigenvalue weighted by Gasteiger charge is 2.11. The lowest BCUT2D eigenvalue weighted by Crippen LogP contribution is -2.43. The molecule has 2 aromatic heterocycles. The number of thiophene rings is 1. The molecule has 0 radical (unpaired) electrons. The van der Waals surface area contributed by atoms with Crippen LogP contribution < -0.4 is 10.6 Å². The van der Waals surface area contributed by atoms with E-state index >= 15 is 0 Å². The van der Waals surface area contributed by atoms with Crippen LogP contribution in [0.25, 0.3) is 0 Å². The van der Waals surface area contributed by atoms with Crippen LogP contribution in [0.4, 0.5) is 0 Å². The Morgan fingerprint density at radius 2 is 2.13 bits per heavy atom. The molecule has 0 aliphatic heterocycles. The molecular formula is C18H23N3OS. The number of hydrogen-bond acceptors (Lipinski definition) is 3. The topological polar surface area (TPSA) is 49.6 Å². The third kappa shape index (κ3) is 5.28. The summed E-state index contributed by atoms with van der Waals surface area (Å²) in [4.78, 5) is 6.10. The minimum atomic E-state index is 0.464. The second kappa shape index (κ2) is 8.58. The summed E-state index contributed by atoms with van der Waals surface area (Å²) >= 11 is 1.79. The normalized spacial score (nSPS) is 15.2. The van der Waals surface area contributed by atoms with Crippen LogP contribution in [-0.2, 0) is 12.8 Å². The number of nitrogens with zero attached hydrogens (tertiary/aromatic N) is 1. The van der Waals surface area contributed by atoms with Gasteiger partial charge in [0.1, 0.15) is 5.76 Å². The molecule has 122 valence electrons. The molecule has 0 unspecified atom stereocenters. The van der Waals surface area contributed by atoms with E-state index < -0.39 is 0 Å². The monoisotopic (exact) mass is 329 g/mol. The Balaban J connectivity index is 1.49. The Morgan fingerprint density at radius 3 is 2.87 bits per heavy atom. The number of furan rings is 1. The lowest BCUT2D eigenvalue weighted by Gasteiger charge is -2.17. The van der Waals surface area contributed by atoms with Crippen LogP contribution in [0.5, 0.6) is 0 Å². The fraction of sp³-hybridized carbons (Fsp3) is 0.389. The molecule has 1 aliphatic carbocycles. The molecule has 23 heavy (non-hydrogen) atoms. The van der Waals surface area contributed by atoms with Gasteiger partial charge in [-0.25, -0.2) is 0 Å². The van der Waals surface area contributed by atoms with Crippen molar-refractivity contribution < 1.29 is 4.42 Å². The lowest BCUT2D eigenvalue weighted by atomic mass is 10.2. The van der Waals surface area contributed by atoms with E-state index in [0.717, 1.165) is 50.5 Å². The van der Waals surface area contributed by atoms with Gasteiger partial charge in [0.15, 0.2) is 5.96 Å². The van der Waals surface area contributed by atoms with Gasteiger partial charge >= 0.3 is 0 Å². The third-order valence-electron chi connectivity index (χ3n) is 3.80. The van der Waals surface area contributed by atoms with Crippen LogP contribution >= 0.6 is 11.3 Å². The minimum Gasteiger partial charge on any atom is -0.469 e. The molecular weight excluding hydrogens is 306 g/mol. The average molecular weight is 329 g/mol. The first-order valence-corrected chi connectivity index (χ1v) is 9.03. The quantitative estimate of drug-likeness (QED) is 0.465. The van der Waals surface area contributed by atoms with Crippen molar-refractivity contribution in [2.24, 2.45) is 4.99 Å². The second-order valence-corrected chi connectivity index (χ2v) is 6.63. The van der Waals surface area contributed by atoms with Crippen molar-refractivity contribution in [2.75, 3.05) is 13.1 Å². The molecule has 0 bridgehead atoms. The molecule has 0 spiro atoms. The van der Waals surface area contributed by atoms with Gasteiger partial charge in [0.05, 0.1) is 6.26 Å². The van der Waals surface area contributed by atoms with Crippen molar-refractivity contribution >= 4 is 17.3 Å². The largest absolute Gasteiger partial charge is 0.469 e. The molecule has 2 aromatic rings. The smallest absolute Gasteiger partial charge is 0.191 e. The van der Waals surface area contributed by atoms with Crippen LogP contribution in [0, 0.1) is 0 Å². The first kappa shape index (κ1) is 15.9. The molecule has 4 nitrogen and oxygen atoms in total. The molecule has 1 aliphatic rings. The SMILES string of the molecule is C1=CCC(NC(=NCCc2cccs2)NCCc2ccco2)C1. The van der Waals surface area contributed by atoms with Crippen molar-refractivity contribution in [3.05, 3.63) is 58.7 Å². The van der Waals surface area contributed by atoms with E-state index in [1.165, 1.54) is 4.88 Å². The summed E-state index contributed by atoms with van der Waals surface area (Å²) in [6.45, 7) is 1.62. The number of nitrogens with one attached hydrogen (secondary N) is 2. The highest BCUT2D eigenvalue weighted by atomic mass is 32.1. The molecule has 5 heteroatoms. The van der Waals surface area contributed by atoms with E-state index in [2.05, 4.69) is 40.3 Å². The predicted octanol–water partition coefficient (Wildman–Crippen LogP) is 3.38. The maximum absolute atomic E-state index is 5.37. The number of guanidine groups is 1. The van der Waals surface area contributed by atoms with Crippen molar-refractivity contribution in [3.8, 4) is 0 Å². The maximum atomic E-state index is 5.37. The molecule has 0 saturated heterocycles. The summed E-state index contributed by atoms with van der Waals surface area (Å²) < 4.78 is 5.37. The van der Waals surface area contributed by atoms with Crippen LogP contribution in [0.15, 0.2) is 57.5 Å². The molecule has 0 fully saturated rings. The van der Waals surface area contributed by atoms with E-state index in [0.29, 0.717) is 6.04 Å². The minimum absolute atomic E-state index is 0.464. The first-order valence-electron chi connectivity index (χ1n) is 8.15. The first-order chi connectivity index (χ1) is 11.4. The van der Waals surface area contributed by atoms with E-state index in [4.69, 9.17) is 9.41 Å². The van der Waals surface area contributed by atoms with Crippen LogP contribution in [0.2, 0.25) is 0 Å². The van der Waals surface area contributed by atoms with Crippen molar-refractivity contribution in [2.45, 2.75) is 31.7 Å². The van der Waals surface area contributed by atoms with Crippen molar-refractivity contribution in [3.63, 3.8) is 0 Å². The van der Waals surface area contributed by atoms with Crippen molar-refractivity contribution in [1.29, 1.82) is 0 Å². The summed E-state index contributed by atoms with van der Waals surface area (Å²) in [5.74, 6) is 1.90. The zero-order valence-electron chi connectivity index (χ0n) is 13.2. The zero-order valence-corrected chi connectivity index (χ0v) is 14.0. The van der Waals surface area contributed by atoms with E-state index in [1.807, 2.05) is 12.1 Å². The fourth-order valence-corrected chi connectivity index (χ4v) is 3.27. The van der Waals surface area contributed by atoms with Gasteiger partial charge < -0.3 is 15.1 Å². The van der Waals surface area contributed by atoms with Crippen LogP contribution in [0.3, 0.4) is 0 Å². The van der Waals surface area contributed by atoms with Gasteiger partial charge in [-0.15, -0.1) is 11.3 Å². The summed E-state index contributed by atoms with van der Waals surface area (Å²) in [6.07, 6.45) is 10.2. The Kier molecular flexibility index (Phi) is 5.92. The fourth-order valence-electron chi connectivity index (χ4n) is 2.57. The highest BCUT2D eigenvalue weighted by molar-refractivity contribution is 7.09.